The van der Waals surface area contributed by atoms with Crippen LogP contribution in [0.1, 0.15) is 18.4 Å². The standard InChI is InChI=1S/C19H23NO4S/c1-24-17-11-9-16(10-12-17)6-5-14-20-19(21)13-15-25(22,23)18-7-3-2-4-8-18/h2-4,7-12H,5-6,13-15H2,1H3,(H,20,21). The van der Waals surface area contributed by atoms with E-state index < -0.39 is 9.84 Å². The van der Waals surface area contributed by atoms with Crippen LogP contribution in [0.2, 0.25) is 0 Å². The molecule has 0 spiro atoms. The Morgan fingerprint density at radius 1 is 1.04 bits per heavy atom. The molecule has 0 bridgehead atoms. The van der Waals surface area contributed by atoms with Crippen LogP contribution >= 0.6 is 0 Å². The molecule has 2 aromatic carbocycles. The summed E-state index contributed by atoms with van der Waals surface area (Å²) < 4.78 is 29.3. The van der Waals surface area contributed by atoms with Crippen LogP contribution in [0.25, 0.3) is 0 Å². The minimum atomic E-state index is -3.41. The number of hydrogen-bond donors (Lipinski definition) is 1. The van der Waals surface area contributed by atoms with Crippen molar-refractivity contribution in [3.05, 3.63) is 60.2 Å². The van der Waals surface area contributed by atoms with Gasteiger partial charge in [-0.05, 0) is 42.7 Å². The first-order valence-electron chi connectivity index (χ1n) is 8.19. The fourth-order valence-electron chi connectivity index (χ4n) is 2.37. The van der Waals surface area contributed by atoms with Gasteiger partial charge in [0, 0.05) is 13.0 Å². The molecule has 134 valence electrons. The molecule has 0 unspecified atom stereocenters. The topological polar surface area (TPSA) is 72.5 Å². The third-order valence-corrected chi connectivity index (χ3v) is 5.56. The molecule has 0 atom stereocenters. The number of aryl methyl sites for hydroxylation is 1. The van der Waals surface area contributed by atoms with E-state index >= 15 is 0 Å². The van der Waals surface area contributed by atoms with Crippen LogP contribution in [0.15, 0.2) is 59.5 Å². The van der Waals surface area contributed by atoms with Crippen LogP contribution in [-0.4, -0.2) is 33.7 Å². The predicted octanol–water partition coefficient (Wildman–Crippen LogP) is 2.61. The van der Waals surface area contributed by atoms with Gasteiger partial charge in [-0.3, -0.25) is 4.79 Å². The van der Waals surface area contributed by atoms with Gasteiger partial charge >= 0.3 is 0 Å². The first-order valence-corrected chi connectivity index (χ1v) is 9.84. The highest BCUT2D eigenvalue weighted by Crippen LogP contribution is 2.13. The monoisotopic (exact) mass is 361 g/mol. The zero-order valence-electron chi connectivity index (χ0n) is 14.3. The van der Waals surface area contributed by atoms with E-state index in [0.29, 0.717) is 6.54 Å². The van der Waals surface area contributed by atoms with Gasteiger partial charge in [0.2, 0.25) is 5.91 Å². The number of carbonyl (C=O) groups excluding carboxylic acids is 1. The van der Waals surface area contributed by atoms with E-state index in [1.54, 1.807) is 37.4 Å². The SMILES string of the molecule is COc1ccc(CCCNC(=O)CCS(=O)(=O)c2ccccc2)cc1. The Labute approximate surface area is 148 Å². The van der Waals surface area contributed by atoms with Gasteiger partial charge in [0.25, 0.3) is 0 Å². The van der Waals surface area contributed by atoms with Gasteiger partial charge in [-0.25, -0.2) is 8.42 Å². The number of amides is 1. The van der Waals surface area contributed by atoms with Gasteiger partial charge in [0.1, 0.15) is 5.75 Å². The minimum Gasteiger partial charge on any atom is -0.497 e. The molecule has 2 aromatic rings. The summed E-state index contributed by atoms with van der Waals surface area (Å²) in [4.78, 5) is 12.1. The second kappa shape index (κ2) is 9.22. The third-order valence-electron chi connectivity index (χ3n) is 3.82. The molecular formula is C19H23NO4S. The lowest BCUT2D eigenvalue weighted by atomic mass is 10.1. The van der Waals surface area contributed by atoms with Crippen LogP contribution in [0.3, 0.4) is 0 Å². The van der Waals surface area contributed by atoms with Crippen LogP contribution in [0.4, 0.5) is 0 Å². The van der Waals surface area contributed by atoms with Crippen LogP contribution in [0.5, 0.6) is 5.75 Å². The number of sulfone groups is 1. The lowest BCUT2D eigenvalue weighted by Gasteiger charge is -2.07. The summed E-state index contributed by atoms with van der Waals surface area (Å²) in [6.45, 7) is 0.524. The minimum absolute atomic E-state index is 0.0280. The summed E-state index contributed by atoms with van der Waals surface area (Å²) in [6.07, 6.45) is 1.61. The number of benzene rings is 2. The van der Waals surface area contributed by atoms with Gasteiger partial charge in [0.05, 0.1) is 17.8 Å². The maximum absolute atomic E-state index is 12.1. The Morgan fingerprint density at radius 3 is 2.36 bits per heavy atom. The average molecular weight is 361 g/mol. The highest BCUT2D eigenvalue weighted by atomic mass is 32.2. The summed E-state index contributed by atoms with van der Waals surface area (Å²) in [7, 11) is -1.78. The Balaban J connectivity index is 1.68. The molecule has 0 fully saturated rings. The lowest BCUT2D eigenvalue weighted by Crippen LogP contribution is -2.26. The number of ether oxygens (including phenoxy) is 1. The predicted molar refractivity (Wildman–Crippen MR) is 97.4 cm³/mol. The Hall–Kier alpha value is -2.34. The molecule has 0 saturated heterocycles. The number of methoxy groups -OCH3 is 1. The molecule has 0 aromatic heterocycles. The van der Waals surface area contributed by atoms with E-state index in [9.17, 15) is 13.2 Å². The molecule has 0 aliphatic carbocycles. The molecule has 6 heteroatoms. The third kappa shape index (κ3) is 6.23. The fourth-order valence-corrected chi connectivity index (χ4v) is 3.64. The van der Waals surface area contributed by atoms with E-state index in [2.05, 4.69) is 5.32 Å². The lowest BCUT2D eigenvalue weighted by molar-refractivity contribution is -0.120. The number of rotatable bonds is 9. The molecule has 5 nitrogen and oxygen atoms in total. The van der Waals surface area contributed by atoms with Gasteiger partial charge in [0.15, 0.2) is 9.84 Å². The molecule has 0 aliphatic heterocycles. The van der Waals surface area contributed by atoms with E-state index in [1.165, 1.54) is 5.56 Å². The number of nitrogens with one attached hydrogen (secondary N) is 1. The summed E-state index contributed by atoms with van der Waals surface area (Å²) in [5.74, 6) is 0.396. The van der Waals surface area contributed by atoms with Crippen molar-refractivity contribution in [3.63, 3.8) is 0 Å². The highest BCUT2D eigenvalue weighted by Gasteiger charge is 2.15. The zero-order valence-corrected chi connectivity index (χ0v) is 15.1. The van der Waals surface area contributed by atoms with Crippen molar-refractivity contribution in [1.82, 2.24) is 5.32 Å². The van der Waals surface area contributed by atoms with Crippen molar-refractivity contribution in [1.29, 1.82) is 0 Å². The van der Waals surface area contributed by atoms with Crippen LogP contribution in [-0.2, 0) is 21.1 Å². The normalized spacial score (nSPS) is 11.1. The van der Waals surface area contributed by atoms with Gasteiger partial charge < -0.3 is 10.1 Å². The van der Waals surface area contributed by atoms with Crippen LogP contribution in [0, 0.1) is 0 Å². The van der Waals surface area contributed by atoms with Gasteiger partial charge in [-0.1, -0.05) is 30.3 Å². The molecular weight excluding hydrogens is 338 g/mol. The first-order chi connectivity index (χ1) is 12.0. The van der Waals surface area contributed by atoms with Crippen molar-refractivity contribution in [2.45, 2.75) is 24.2 Å². The summed E-state index contributed by atoms with van der Waals surface area (Å²) >= 11 is 0. The van der Waals surface area contributed by atoms with Gasteiger partial charge in [-0.15, -0.1) is 0 Å². The second-order valence-electron chi connectivity index (χ2n) is 5.68. The van der Waals surface area contributed by atoms with Crippen LogP contribution < -0.4 is 10.1 Å². The van der Waals surface area contributed by atoms with E-state index in [0.717, 1.165) is 18.6 Å². The van der Waals surface area contributed by atoms with E-state index in [-0.39, 0.29) is 23.0 Å². The smallest absolute Gasteiger partial charge is 0.221 e. The molecule has 0 radical (unpaired) electrons. The molecule has 25 heavy (non-hydrogen) atoms. The Morgan fingerprint density at radius 2 is 1.72 bits per heavy atom. The van der Waals surface area contributed by atoms with E-state index in [4.69, 9.17) is 4.74 Å². The van der Waals surface area contributed by atoms with Crippen molar-refractivity contribution >= 4 is 15.7 Å². The molecule has 1 N–H and O–H groups in total. The van der Waals surface area contributed by atoms with Crippen molar-refractivity contribution in [3.8, 4) is 5.75 Å². The molecule has 0 aliphatic rings. The molecule has 0 heterocycles. The molecule has 1 amide bonds. The highest BCUT2D eigenvalue weighted by molar-refractivity contribution is 7.91. The van der Waals surface area contributed by atoms with Crippen molar-refractivity contribution in [2.24, 2.45) is 0 Å². The van der Waals surface area contributed by atoms with Crippen molar-refractivity contribution in [2.75, 3.05) is 19.4 Å². The number of carbonyl (C=O) groups is 1. The average Bonchev–Trinajstić information content (AvgIpc) is 2.65. The van der Waals surface area contributed by atoms with Crippen molar-refractivity contribution < 1.29 is 17.9 Å². The van der Waals surface area contributed by atoms with Gasteiger partial charge in [-0.2, -0.15) is 0 Å². The molecule has 0 saturated carbocycles. The Kier molecular flexibility index (Phi) is 7.01. The summed E-state index contributed by atoms with van der Waals surface area (Å²) in [6, 6.07) is 16.0. The Bertz CT molecular complexity index is 771. The second-order valence-corrected chi connectivity index (χ2v) is 7.79. The fraction of sp³-hybridized carbons (Fsp3) is 0.316. The largest absolute Gasteiger partial charge is 0.497 e. The van der Waals surface area contributed by atoms with E-state index in [1.807, 2.05) is 24.3 Å². The molecule has 2 rings (SSSR count). The zero-order chi connectivity index (χ0) is 18.1. The maximum atomic E-state index is 12.1. The number of hydrogen-bond acceptors (Lipinski definition) is 4. The summed E-state index contributed by atoms with van der Waals surface area (Å²) in [5, 5.41) is 2.77. The summed E-state index contributed by atoms with van der Waals surface area (Å²) in [5.41, 5.74) is 1.17. The first kappa shape index (κ1) is 19.0. The quantitative estimate of drug-likeness (QED) is 0.697. The maximum Gasteiger partial charge on any atom is 0.221 e.